The van der Waals surface area contributed by atoms with E-state index in [1.807, 2.05) is 24.3 Å². The van der Waals surface area contributed by atoms with E-state index in [0.717, 1.165) is 5.56 Å². The van der Waals surface area contributed by atoms with Crippen molar-refractivity contribution in [3.8, 4) is 23.0 Å². The van der Waals surface area contributed by atoms with Gasteiger partial charge in [-0.2, -0.15) is 33.7 Å². The minimum Gasteiger partial charge on any atom is -0.492 e. The molecule has 4 rings (SSSR count). The van der Waals surface area contributed by atoms with E-state index in [-0.39, 0.29) is 45.6 Å². The quantitative estimate of drug-likeness (QED) is 0.0794. The lowest BCUT2D eigenvalue weighted by atomic mass is 9.71. The summed E-state index contributed by atoms with van der Waals surface area (Å²) in [5.41, 5.74) is 0.542. The smallest absolute Gasteiger partial charge is 0.453 e. The maximum absolute atomic E-state index is 13.0. The Bertz CT molecular complexity index is 1410. The molecule has 0 amide bonds. The molecule has 2 unspecified atom stereocenters. The Morgan fingerprint density at radius 2 is 1.42 bits per heavy atom. The van der Waals surface area contributed by atoms with Crippen LogP contribution in [0.2, 0.25) is 0 Å². The van der Waals surface area contributed by atoms with Crippen LogP contribution in [0, 0.1) is 0 Å². The number of thioether (sulfide) groups is 1. The van der Waals surface area contributed by atoms with Crippen LogP contribution in [0.3, 0.4) is 0 Å². The van der Waals surface area contributed by atoms with Gasteiger partial charge in [-0.1, -0.05) is 24.3 Å². The fraction of sp³-hybridized carbons (Fsp3) is 0.471. The van der Waals surface area contributed by atoms with Crippen molar-refractivity contribution in [3.63, 3.8) is 0 Å². The third-order valence-electron chi connectivity index (χ3n) is 7.60. The zero-order valence-electron chi connectivity index (χ0n) is 26.6. The lowest BCUT2D eigenvalue weighted by Crippen LogP contribution is -2.41. The van der Waals surface area contributed by atoms with Gasteiger partial charge in [-0.05, 0) is 59.7 Å². The van der Waals surface area contributed by atoms with E-state index < -0.39 is 30.0 Å². The molecule has 0 saturated heterocycles. The number of ether oxygens (including phenoxy) is 7. The van der Waals surface area contributed by atoms with Crippen LogP contribution in [0.25, 0.3) is 0 Å². The molecule has 1 heterocycles. The highest BCUT2D eigenvalue weighted by Gasteiger charge is 2.56. The Morgan fingerprint density at radius 1 is 0.792 bits per heavy atom. The molecule has 3 aromatic carbocycles. The lowest BCUT2D eigenvalue weighted by molar-refractivity contribution is -0.284. The molecule has 264 valence electrons. The van der Waals surface area contributed by atoms with E-state index in [1.165, 1.54) is 18.9 Å². The summed E-state index contributed by atoms with van der Waals surface area (Å²) in [5, 5.41) is 12.6. The number of hydrogen-bond donors (Lipinski definition) is 1. The summed E-state index contributed by atoms with van der Waals surface area (Å²) in [4.78, 5) is 0. The summed E-state index contributed by atoms with van der Waals surface area (Å²) in [6.07, 6.45) is -6.99. The Hall–Kier alpha value is -3.30. The van der Waals surface area contributed by atoms with Gasteiger partial charge in [0.05, 0.1) is 25.7 Å². The Labute approximate surface area is 280 Å². The van der Waals surface area contributed by atoms with Gasteiger partial charge in [-0.3, -0.25) is 0 Å². The first kappa shape index (κ1) is 37.5. The minimum atomic E-state index is -5.52. The van der Waals surface area contributed by atoms with Gasteiger partial charge < -0.3 is 38.3 Å². The molecule has 0 fully saturated rings. The summed E-state index contributed by atoms with van der Waals surface area (Å²) in [6, 6.07) is 19.7. The second-order valence-corrected chi connectivity index (χ2v) is 12.1. The molecule has 0 aliphatic carbocycles. The summed E-state index contributed by atoms with van der Waals surface area (Å²) < 4.78 is 101. The van der Waals surface area contributed by atoms with Crippen LogP contribution in [-0.4, -0.2) is 82.9 Å². The first-order chi connectivity index (χ1) is 23.0. The van der Waals surface area contributed by atoms with Crippen LogP contribution < -0.4 is 18.9 Å². The molecule has 0 aromatic heterocycles. The molecular formula is C34H39F5O8S. The van der Waals surface area contributed by atoms with Crippen LogP contribution in [0.1, 0.15) is 35.4 Å². The second-order valence-electron chi connectivity index (χ2n) is 10.9. The molecule has 48 heavy (non-hydrogen) atoms. The topological polar surface area (TPSA) is 84.8 Å². The van der Waals surface area contributed by atoms with E-state index in [0.29, 0.717) is 46.5 Å². The normalized spacial score (nSPS) is 17.8. The summed E-state index contributed by atoms with van der Waals surface area (Å²) in [5.74, 6) is -2.31. The Balaban J connectivity index is 1.35. The van der Waals surface area contributed by atoms with Crippen LogP contribution in [0.5, 0.6) is 23.0 Å². The van der Waals surface area contributed by atoms with Crippen LogP contribution in [-0.2, 0) is 19.8 Å². The minimum absolute atomic E-state index is 0.0622. The van der Waals surface area contributed by atoms with Gasteiger partial charge in [0.2, 0.25) is 0 Å². The maximum atomic E-state index is 13.0. The summed E-state index contributed by atoms with van der Waals surface area (Å²) in [6.45, 7) is 1.14. The zero-order chi connectivity index (χ0) is 34.6. The number of halogens is 5. The fourth-order valence-electron chi connectivity index (χ4n) is 5.14. The number of benzene rings is 3. The molecule has 2 atom stereocenters. The van der Waals surface area contributed by atoms with Gasteiger partial charge in [0.15, 0.2) is 13.6 Å². The molecule has 1 aliphatic heterocycles. The van der Waals surface area contributed by atoms with Crippen molar-refractivity contribution in [2.45, 2.75) is 36.5 Å². The van der Waals surface area contributed by atoms with Crippen LogP contribution >= 0.6 is 11.8 Å². The zero-order valence-corrected chi connectivity index (χ0v) is 27.4. The third kappa shape index (κ3) is 9.65. The standard InChI is InChI=1S/C34H39F5O8S/c1-41-22-46-27-8-4-24(5-9-27)30-21-45-31-20-28(47-23-42-2)12-13-29(31)33(30,40)25-6-10-26(11-7-25)44-16-15-43-17-19-48-18-3-14-32(35,36)34(37,38)39/h4-13,20,30,40H,3,14-19,21-23H2,1-2H3. The lowest BCUT2D eigenvalue weighted by Gasteiger charge is -2.42. The van der Waals surface area contributed by atoms with E-state index in [1.54, 1.807) is 49.6 Å². The van der Waals surface area contributed by atoms with Gasteiger partial charge in [-0.25, -0.2) is 0 Å². The largest absolute Gasteiger partial charge is 0.492 e. The Morgan fingerprint density at radius 3 is 2.08 bits per heavy atom. The van der Waals surface area contributed by atoms with Crippen molar-refractivity contribution in [2.24, 2.45) is 0 Å². The van der Waals surface area contributed by atoms with Crippen molar-refractivity contribution in [2.75, 3.05) is 65.7 Å². The molecule has 1 aliphatic rings. The molecule has 0 spiro atoms. The molecular weight excluding hydrogens is 663 g/mol. The third-order valence-corrected chi connectivity index (χ3v) is 8.63. The van der Waals surface area contributed by atoms with Crippen LogP contribution in [0.15, 0.2) is 66.7 Å². The van der Waals surface area contributed by atoms with Crippen LogP contribution in [0.4, 0.5) is 22.0 Å². The average molecular weight is 703 g/mol. The van der Waals surface area contributed by atoms with Gasteiger partial charge in [0, 0.05) is 38.0 Å². The maximum Gasteiger partial charge on any atom is 0.453 e. The predicted octanol–water partition coefficient (Wildman–Crippen LogP) is 7.17. The molecule has 8 nitrogen and oxygen atoms in total. The first-order valence-corrected chi connectivity index (χ1v) is 16.3. The fourth-order valence-corrected chi connectivity index (χ4v) is 5.92. The van der Waals surface area contributed by atoms with Crippen molar-refractivity contribution >= 4 is 11.8 Å². The van der Waals surface area contributed by atoms with Crippen molar-refractivity contribution < 1.29 is 60.2 Å². The molecule has 0 radical (unpaired) electrons. The van der Waals surface area contributed by atoms with Gasteiger partial charge >= 0.3 is 12.1 Å². The van der Waals surface area contributed by atoms with Crippen molar-refractivity contribution in [1.29, 1.82) is 0 Å². The average Bonchev–Trinajstić information content (AvgIpc) is 3.07. The van der Waals surface area contributed by atoms with E-state index >= 15 is 0 Å². The monoisotopic (exact) mass is 702 g/mol. The van der Waals surface area contributed by atoms with Gasteiger partial charge in [0.1, 0.15) is 35.2 Å². The van der Waals surface area contributed by atoms with E-state index in [9.17, 15) is 27.1 Å². The highest BCUT2D eigenvalue weighted by molar-refractivity contribution is 7.99. The number of hydrogen-bond acceptors (Lipinski definition) is 9. The number of aliphatic hydroxyl groups is 1. The van der Waals surface area contributed by atoms with Gasteiger partial charge in [0.25, 0.3) is 0 Å². The highest BCUT2D eigenvalue weighted by atomic mass is 32.2. The number of rotatable bonds is 19. The summed E-state index contributed by atoms with van der Waals surface area (Å²) in [7, 11) is 3.07. The molecule has 0 bridgehead atoms. The summed E-state index contributed by atoms with van der Waals surface area (Å²) >= 11 is 1.25. The number of methoxy groups -OCH3 is 2. The number of fused-ring (bicyclic) bond motifs is 1. The molecule has 0 saturated carbocycles. The first-order valence-electron chi connectivity index (χ1n) is 15.2. The van der Waals surface area contributed by atoms with E-state index in [2.05, 4.69) is 0 Å². The van der Waals surface area contributed by atoms with Crippen molar-refractivity contribution in [1.82, 2.24) is 0 Å². The predicted molar refractivity (Wildman–Crippen MR) is 169 cm³/mol. The van der Waals surface area contributed by atoms with E-state index in [4.69, 9.17) is 33.2 Å². The van der Waals surface area contributed by atoms with Gasteiger partial charge in [-0.15, -0.1) is 0 Å². The van der Waals surface area contributed by atoms with Crippen molar-refractivity contribution in [3.05, 3.63) is 83.4 Å². The molecule has 1 N–H and O–H groups in total. The number of alkyl halides is 5. The second kappa shape index (κ2) is 17.4. The molecule has 14 heteroatoms. The highest BCUT2D eigenvalue weighted by Crippen LogP contribution is 2.50. The molecule has 3 aromatic rings. The SMILES string of the molecule is COCOc1ccc(C2COc3cc(OCOC)ccc3C2(O)c2ccc(OCCOCCSCCCC(F)(F)C(F)(F)F)cc2)cc1. The Kier molecular flexibility index (Phi) is 13.6.